The second-order valence-corrected chi connectivity index (χ2v) is 10.5. The Hall–Kier alpha value is -2.46. The summed E-state index contributed by atoms with van der Waals surface area (Å²) >= 11 is 0. The van der Waals surface area contributed by atoms with E-state index in [0.29, 0.717) is 5.75 Å². The highest BCUT2D eigenvalue weighted by molar-refractivity contribution is 6.04. The Morgan fingerprint density at radius 3 is 1.84 bits per heavy atom. The Kier molecular flexibility index (Phi) is 6.59. The predicted octanol–water partition coefficient (Wildman–Crippen LogP) is 7.21. The molecule has 0 amide bonds. The predicted molar refractivity (Wildman–Crippen MR) is 136 cm³/mol. The number of nitrogens with one attached hydrogen (secondary N) is 1. The van der Waals surface area contributed by atoms with E-state index in [1.54, 1.807) is 0 Å². The van der Waals surface area contributed by atoms with Gasteiger partial charge in [-0.25, -0.2) is 0 Å². The molecule has 168 valence electrons. The number of hydrogen-bond donors (Lipinski definition) is 3. The molecule has 4 N–H and O–H groups in total. The number of fused-ring (bicyclic) bond motifs is 1. The second-order valence-electron chi connectivity index (χ2n) is 10.5. The van der Waals surface area contributed by atoms with Gasteiger partial charge in [-0.3, -0.25) is 4.98 Å². The first-order chi connectivity index (χ1) is 13.7. The highest BCUT2D eigenvalue weighted by Gasteiger charge is 2.27. The summed E-state index contributed by atoms with van der Waals surface area (Å²) in [6, 6.07) is 8.22. The maximum atomic E-state index is 11.0. The van der Waals surface area contributed by atoms with Crippen molar-refractivity contribution in [1.29, 1.82) is 0 Å². The van der Waals surface area contributed by atoms with E-state index in [4.69, 9.17) is 10.7 Å². The minimum atomic E-state index is -0.190. The molecule has 0 aliphatic heterocycles. The van der Waals surface area contributed by atoms with Crippen molar-refractivity contribution in [2.75, 3.05) is 11.1 Å². The average Bonchev–Trinajstić information content (AvgIpc) is 2.58. The monoisotopic (exact) mass is 441 g/mol. The number of aromatic nitrogens is 1. The van der Waals surface area contributed by atoms with Crippen LogP contribution < -0.4 is 11.1 Å². The van der Waals surface area contributed by atoms with Gasteiger partial charge in [-0.2, -0.15) is 0 Å². The van der Waals surface area contributed by atoms with E-state index in [1.165, 1.54) is 0 Å². The third-order valence-corrected chi connectivity index (χ3v) is 5.65. The van der Waals surface area contributed by atoms with Gasteiger partial charge < -0.3 is 16.2 Å². The fraction of sp³-hybridized carbons (Fsp3) is 0.423. The molecule has 1 aromatic heterocycles. The molecule has 3 aromatic rings. The molecule has 2 aromatic carbocycles. The summed E-state index contributed by atoms with van der Waals surface area (Å²) in [5.41, 5.74) is 14.6. The molecule has 0 bridgehead atoms. The minimum Gasteiger partial charge on any atom is -0.507 e. The summed E-state index contributed by atoms with van der Waals surface area (Å²) in [6.07, 6.45) is 0. The smallest absolute Gasteiger partial charge is 0.123 e. The van der Waals surface area contributed by atoms with Crippen LogP contribution in [-0.2, 0) is 10.8 Å². The van der Waals surface area contributed by atoms with Crippen LogP contribution in [0.1, 0.15) is 69.5 Å². The Bertz CT molecular complexity index is 1100. The number of nitrogens with two attached hydrogens (primary N) is 1. The summed E-state index contributed by atoms with van der Waals surface area (Å²) < 4.78 is 0. The molecule has 0 saturated carbocycles. The zero-order valence-corrected chi connectivity index (χ0v) is 21.0. The molecular weight excluding hydrogens is 406 g/mol. The first kappa shape index (κ1) is 24.8. The summed E-state index contributed by atoms with van der Waals surface area (Å²) in [5, 5.41) is 15.6. The van der Waals surface area contributed by atoms with E-state index >= 15 is 0 Å². The van der Waals surface area contributed by atoms with Gasteiger partial charge in [-0.05, 0) is 60.9 Å². The van der Waals surface area contributed by atoms with E-state index in [0.717, 1.165) is 55.9 Å². The molecule has 0 unspecified atom stereocenters. The third-order valence-electron chi connectivity index (χ3n) is 5.65. The average molecular weight is 442 g/mol. The lowest BCUT2D eigenvalue weighted by Gasteiger charge is -2.28. The Labute approximate surface area is 192 Å². The van der Waals surface area contributed by atoms with Gasteiger partial charge in [0.25, 0.3) is 0 Å². The van der Waals surface area contributed by atoms with E-state index in [1.807, 2.05) is 32.0 Å². The van der Waals surface area contributed by atoms with Crippen LogP contribution in [-0.4, -0.2) is 10.1 Å². The van der Waals surface area contributed by atoms with Crippen molar-refractivity contribution in [2.45, 2.75) is 73.1 Å². The van der Waals surface area contributed by atoms with Gasteiger partial charge in [0.15, 0.2) is 0 Å². The Balaban J connectivity index is 0.00000341. The first-order valence-electron chi connectivity index (χ1n) is 10.5. The highest BCUT2D eigenvalue weighted by atomic mass is 35.5. The van der Waals surface area contributed by atoms with Crippen molar-refractivity contribution < 1.29 is 5.11 Å². The van der Waals surface area contributed by atoms with Crippen molar-refractivity contribution in [3.8, 4) is 5.75 Å². The van der Waals surface area contributed by atoms with E-state index < -0.39 is 0 Å². The summed E-state index contributed by atoms with van der Waals surface area (Å²) in [4.78, 5) is 4.75. The molecule has 3 rings (SSSR count). The number of rotatable bonds is 2. The molecule has 1 heterocycles. The van der Waals surface area contributed by atoms with Gasteiger partial charge in [0.2, 0.25) is 0 Å². The SMILES string of the molecule is Cc1cc(Nc2cc(C(C)(C)C)c(O)c(C(C)(C)C)c2)c2c(N)c(C)cc(C)c2n1.Cl. The summed E-state index contributed by atoms with van der Waals surface area (Å²) in [6.45, 7) is 18.8. The molecule has 0 atom stereocenters. The van der Waals surface area contributed by atoms with Crippen LogP contribution in [0, 0.1) is 20.8 Å². The maximum absolute atomic E-state index is 11.0. The molecule has 0 aliphatic carbocycles. The standard InChI is InChI=1S/C26H35N3O.ClH/c1-14-10-15(2)23-21(22(14)27)20(11-16(3)28-23)29-17-12-18(25(4,5)6)24(30)19(13-17)26(7,8)9;/h10-13,30H,27H2,1-9H3,(H,28,29);1H. The molecule has 5 heteroatoms. The number of aryl methyl sites for hydroxylation is 3. The van der Waals surface area contributed by atoms with Crippen LogP contribution in [0.5, 0.6) is 5.75 Å². The molecule has 0 aliphatic rings. The van der Waals surface area contributed by atoms with Gasteiger partial charge in [-0.15, -0.1) is 12.4 Å². The lowest BCUT2D eigenvalue weighted by atomic mass is 9.79. The van der Waals surface area contributed by atoms with E-state index in [2.05, 4.69) is 59.8 Å². The van der Waals surface area contributed by atoms with Gasteiger partial charge in [-0.1, -0.05) is 47.6 Å². The number of hydrogen-bond acceptors (Lipinski definition) is 4. The van der Waals surface area contributed by atoms with Crippen LogP contribution in [0.15, 0.2) is 24.3 Å². The van der Waals surface area contributed by atoms with Crippen molar-refractivity contribution >= 4 is 40.4 Å². The van der Waals surface area contributed by atoms with Crippen LogP contribution in [0.3, 0.4) is 0 Å². The van der Waals surface area contributed by atoms with Gasteiger partial charge in [0, 0.05) is 33.6 Å². The fourth-order valence-electron chi connectivity index (χ4n) is 4.00. The maximum Gasteiger partial charge on any atom is 0.123 e. The second kappa shape index (κ2) is 8.23. The topological polar surface area (TPSA) is 71.2 Å². The van der Waals surface area contributed by atoms with Crippen LogP contribution in [0.25, 0.3) is 10.9 Å². The number of benzene rings is 2. The third kappa shape index (κ3) is 4.74. The number of aromatic hydroxyl groups is 1. The number of phenolic OH excluding ortho intramolecular Hbond substituents is 1. The molecular formula is C26H36ClN3O. The molecule has 31 heavy (non-hydrogen) atoms. The molecule has 0 saturated heterocycles. The van der Waals surface area contributed by atoms with Crippen LogP contribution in [0.4, 0.5) is 17.1 Å². The Morgan fingerprint density at radius 1 is 0.839 bits per heavy atom. The number of anilines is 3. The van der Waals surface area contributed by atoms with Crippen molar-refractivity contribution in [2.24, 2.45) is 0 Å². The van der Waals surface area contributed by atoms with Crippen LogP contribution in [0.2, 0.25) is 0 Å². The zero-order valence-electron chi connectivity index (χ0n) is 20.2. The fourth-order valence-corrected chi connectivity index (χ4v) is 4.00. The number of halogens is 1. The number of nitrogens with zero attached hydrogens (tertiary/aromatic N) is 1. The summed E-state index contributed by atoms with van der Waals surface area (Å²) in [5.74, 6) is 0.377. The molecule has 0 radical (unpaired) electrons. The first-order valence-corrected chi connectivity index (χ1v) is 10.5. The lowest BCUT2D eigenvalue weighted by Crippen LogP contribution is -2.17. The number of phenols is 1. The highest BCUT2D eigenvalue weighted by Crippen LogP contribution is 2.42. The largest absolute Gasteiger partial charge is 0.507 e. The van der Waals surface area contributed by atoms with Crippen molar-refractivity contribution in [1.82, 2.24) is 4.98 Å². The van der Waals surface area contributed by atoms with Gasteiger partial charge in [0.05, 0.1) is 11.2 Å². The minimum absolute atomic E-state index is 0. The Morgan fingerprint density at radius 2 is 1.35 bits per heavy atom. The van der Waals surface area contributed by atoms with Crippen molar-refractivity contribution in [3.05, 3.63) is 52.2 Å². The van der Waals surface area contributed by atoms with E-state index in [-0.39, 0.29) is 23.2 Å². The van der Waals surface area contributed by atoms with Gasteiger partial charge >= 0.3 is 0 Å². The zero-order chi connectivity index (χ0) is 22.6. The van der Waals surface area contributed by atoms with E-state index in [9.17, 15) is 5.11 Å². The molecule has 0 spiro atoms. The normalized spacial score (nSPS) is 12.0. The quantitative estimate of drug-likeness (QED) is 0.290. The number of nitrogen functional groups attached to an aromatic ring is 1. The lowest BCUT2D eigenvalue weighted by molar-refractivity contribution is 0.423. The summed E-state index contributed by atoms with van der Waals surface area (Å²) in [7, 11) is 0. The number of pyridine rings is 1. The van der Waals surface area contributed by atoms with Crippen LogP contribution >= 0.6 is 12.4 Å². The molecule has 4 nitrogen and oxygen atoms in total. The molecule has 0 fully saturated rings. The van der Waals surface area contributed by atoms with Gasteiger partial charge in [0.1, 0.15) is 5.75 Å². The van der Waals surface area contributed by atoms with Crippen molar-refractivity contribution in [3.63, 3.8) is 0 Å².